The highest BCUT2D eigenvalue weighted by Gasteiger charge is 2.40. The van der Waals surface area contributed by atoms with Crippen LogP contribution < -0.4 is 10.1 Å². The van der Waals surface area contributed by atoms with Crippen LogP contribution in [0.3, 0.4) is 0 Å². The summed E-state index contributed by atoms with van der Waals surface area (Å²) < 4.78 is 5.63. The Kier molecular flexibility index (Phi) is 6.06. The predicted molar refractivity (Wildman–Crippen MR) is 116 cm³/mol. The topological polar surface area (TPSA) is 58.6 Å². The minimum Gasteiger partial charge on any atom is -0.494 e. The van der Waals surface area contributed by atoms with E-state index in [2.05, 4.69) is 11.4 Å². The number of nitrogens with one attached hydrogen (secondary N) is 1. The second-order valence-electron chi connectivity index (χ2n) is 7.70. The van der Waals surface area contributed by atoms with E-state index in [9.17, 15) is 9.59 Å². The quantitative estimate of drug-likeness (QED) is 0.695. The normalized spacial score (nSPS) is 14.2. The van der Waals surface area contributed by atoms with Gasteiger partial charge in [-0.3, -0.25) is 14.5 Å². The SMILES string of the molecule is CCCOc1ccc(C2=C(Nc3cc(C)cc(C)c3)C(=O)N(C(C)C)C2=O)cc1. The first-order valence-corrected chi connectivity index (χ1v) is 10.0. The Morgan fingerprint density at radius 3 is 2.14 bits per heavy atom. The van der Waals surface area contributed by atoms with E-state index < -0.39 is 0 Å². The maximum absolute atomic E-state index is 13.1. The molecule has 0 saturated carbocycles. The summed E-state index contributed by atoms with van der Waals surface area (Å²) >= 11 is 0. The summed E-state index contributed by atoms with van der Waals surface area (Å²) in [6, 6.07) is 13.1. The molecule has 5 nitrogen and oxygen atoms in total. The van der Waals surface area contributed by atoms with Crippen molar-refractivity contribution in [1.29, 1.82) is 0 Å². The van der Waals surface area contributed by atoms with Gasteiger partial charge in [-0.2, -0.15) is 0 Å². The molecule has 0 spiro atoms. The molecule has 0 atom stereocenters. The number of benzene rings is 2. The second kappa shape index (κ2) is 8.52. The summed E-state index contributed by atoms with van der Waals surface area (Å²) in [5.74, 6) is 0.169. The van der Waals surface area contributed by atoms with E-state index in [0.717, 1.165) is 29.0 Å². The highest BCUT2D eigenvalue weighted by molar-refractivity contribution is 6.36. The van der Waals surface area contributed by atoms with Gasteiger partial charge in [-0.05, 0) is 75.1 Å². The Balaban J connectivity index is 2.03. The summed E-state index contributed by atoms with van der Waals surface area (Å²) in [5, 5.41) is 3.22. The lowest BCUT2D eigenvalue weighted by molar-refractivity contribution is -0.138. The largest absolute Gasteiger partial charge is 0.494 e. The van der Waals surface area contributed by atoms with Gasteiger partial charge in [0, 0.05) is 11.7 Å². The lowest BCUT2D eigenvalue weighted by Crippen LogP contribution is -2.38. The van der Waals surface area contributed by atoms with Crippen molar-refractivity contribution in [3.05, 3.63) is 64.9 Å². The molecule has 0 saturated heterocycles. The summed E-state index contributed by atoms with van der Waals surface area (Å²) in [5.41, 5.74) is 4.38. The Bertz CT molecular complexity index is 938. The van der Waals surface area contributed by atoms with Gasteiger partial charge >= 0.3 is 0 Å². The lowest BCUT2D eigenvalue weighted by Gasteiger charge is -2.19. The zero-order chi connectivity index (χ0) is 21.1. The monoisotopic (exact) mass is 392 g/mol. The van der Waals surface area contributed by atoms with Crippen molar-refractivity contribution in [3.63, 3.8) is 0 Å². The summed E-state index contributed by atoms with van der Waals surface area (Å²) in [7, 11) is 0. The maximum atomic E-state index is 13.1. The number of anilines is 1. The molecule has 152 valence electrons. The van der Waals surface area contributed by atoms with Crippen molar-refractivity contribution >= 4 is 23.1 Å². The van der Waals surface area contributed by atoms with Gasteiger partial charge in [0.05, 0.1) is 12.2 Å². The van der Waals surface area contributed by atoms with E-state index in [1.807, 2.05) is 71.0 Å². The number of ether oxygens (including phenoxy) is 1. The Labute approximate surface area is 172 Å². The number of rotatable bonds is 7. The standard InChI is InChI=1S/C24H28N2O3/c1-6-11-29-20-9-7-18(8-10-20)21-22(24(28)26(15(2)3)23(21)27)25-19-13-16(4)12-17(5)14-19/h7-10,12-15,25H,6,11H2,1-5H3. The van der Waals surface area contributed by atoms with Crippen LogP contribution in [-0.2, 0) is 9.59 Å². The maximum Gasteiger partial charge on any atom is 0.278 e. The average Bonchev–Trinajstić information content (AvgIpc) is 2.89. The Morgan fingerprint density at radius 1 is 0.966 bits per heavy atom. The molecule has 0 aliphatic carbocycles. The zero-order valence-electron chi connectivity index (χ0n) is 17.7. The number of carbonyl (C=O) groups is 2. The van der Waals surface area contributed by atoms with Crippen molar-refractivity contribution in [2.75, 3.05) is 11.9 Å². The summed E-state index contributed by atoms with van der Waals surface area (Å²) in [6.45, 7) is 10.4. The predicted octanol–water partition coefficient (Wildman–Crippen LogP) is 4.69. The van der Waals surface area contributed by atoms with Crippen molar-refractivity contribution in [2.24, 2.45) is 0 Å². The molecule has 0 radical (unpaired) electrons. The number of amides is 2. The molecular formula is C24H28N2O3. The van der Waals surface area contributed by atoms with Gasteiger partial charge in [0.25, 0.3) is 11.8 Å². The van der Waals surface area contributed by atoms with Gasteiger partial charge in [0.15, 0.2) is 0 Å². The molecule has 1 aliphatic rings. The minimum atomic E-state index is -0.300. The summed E-state index contributed by atoms with van der Waals surface area (Å²) in [6.07, 6.45) is 0.924. The third-order valence-electron chi connectivity index (χ3n) is 4.74. The molecule has 0 aromatic heterocycles. The molecule has 1 aliphatic heterocycles. The van der Waals surface area contributed by atoms with Gasteiger partial charge in [-0.25, -0.2) is 0 Å². The van der Waals surface area contributed by atoms with Crippen LogP contribution in [0.25, 0.3) is 5.57 Å². The molecule has 2 amide bonds. The first-order chi connectivity index (χ1) is 13.8. The van der Waals surface area contributed by atoms with Crippen molar-refractivity contribution in [1.82, 2.24) is 4.90 Å². The van der Waals surface area contributed by atoms with E-state index in [-0.39, 0.29) is 17.9 Å². The van der Waals surface area contributed by atoms with Crippen LogP contribution in [0, 0.1) is 13.8 Å². The number of hydrogen-bond donors (Lipinski definition) is 1. The highest BCUT2D eigenvalue weighted by Crippen LogP contribution is 2.32. The van der Waals surface area contributed by atoms with Crippen LogP contribution >= 0.6 is 0 Å². The van der Waals surface area contributed by atoms with Crippen LogP contribution in [0.15, 0.2) is 48.2 Å². The van der Waals surface area contributed by atoms with E-state index in [1.165, 1.54) is 4.90 Å². The lowest BCUT2D eigenvalue weighted by atomic mass is 10.0. The molecule has 2 aromatic carbocycles. The van der Waals surface area contributed by atoms with E-state index in [1.54, 1.807) is 0 Å². The molecule has 0 fully saturated rings. The number of aryl methyl sites for hydroxylation is 2. The molecular weight excluding hydrogens is 364 g/mol. The second-order valence-corrected chi connectivity index (χ2v) is 7.70. The molecule has 3 rings (SSSR count). The molecule has 5 heteroatoms. The summed E-state index contributed by atoms with van der Waals surface area (Å²) in [4.78, 5) is 27.5. The fraction of sp³-hybridized carbons (Fsp3) is 0.333. The number of hydrogen-bond acceptors (Lipinski definition) is 4. The van der Waals surface area contributed by atoms with Crippen molar-refractivity contribution < 1.29 is 14.3 Å². The van der Waals surface area contributed by atoms with Crippen molar-refractivity contribution in [2.45, 2.75) is 47.1 Å². The van der Waals surface area contributed by atoms with E-state index >= 15 is 0 Å². The van der Waals surface area contributed by atoms with E-state index in [4.69, 9.17) is 4.74 Å². The highest BCUT2D eigenvalue weighted by atomic mass is 16.5. The molecule has 0 unspecified atom stereocenters. The molecule has 1 heterocycles. The van der Waals surface area contributed by atoms with Crippen LogP contribution in [0.1, 0.15) is 43.9 Å². The van der Waals surface area contributed by atoms with Crippen molar-refractivity contribution in [3.8, 4) is 5.75 Å². The van der Waals surface area contributed by atoms with Gasteiger partial charge in [-0.1, -0.05) is 25.1 Å². The third-order valence-corrected chi connectivity index (χ3v) is 4.74. The van der Waals surface area contributed by atoms with Crippen LogP contribution in [-0.4, -0.2) is 29.4 Å². The Hall–Kier alpha value is -3.08. The number of imide groups is 1. The Morgan fingerprint density at radius 2 is 1.59 bits per heavy atom. The fourth-order valence-electron chi connectivity index (χ4n) is 3.53. The van der Waals surface area contributed by atoms with E-state index in [0.29, 0.717) is 23.4 Å². The molecule has 0 bridgehead atoms. The number of nitrogens with zero attached hydrogens (tertiary/aromatic N) is 1. The van der Waals surface area contributed by atoms with Gasteiger partial charge in [-0.15, -0.1) is 0 Å². The van der Waals surface area contributed by atoms with Crippen LogP contribution in [0.2, 0.25) is 0 Å². The minimum absolute atomic E-state index is 0.226. The molecule has 2 aromatic rings. The third kappa shape index (κ3) is 4.34. The molecule has 29 heavy (non-hydrogen) atoms. The zero-order valence-corrected chi connectivity index (χ0v) is 17.7. The smallest absolute Gasteiger partial charge is 0.278 e. The number of carbonyl (C=O) groups excluding carboxylic acids is 2. The molecule has 1 N–H and O–H groups in total. The van der Waals surface area contributed by atoms with Crippen LogP contribution in [0.4, 0.5) is 5.69 Å². The first-order valence-electron chi connectivity index (χ1n) is 10.0. The van der Waals surface area contributed by atoms with Gasteiger partial charge in [0.2, 0.25) is 0 Å². The van der Waals surface area contributed by atoms with Crippen LogP contribution in [0.5, 0.6) is 5.75 Å². The van der Waals surface area contributed by atoms with Gasteiger partial charge < -0.3 is 10.1 Å². The van der Waals surface area contributed by atoms with Gasteiger partial charge in [0.1, 0.15) is 11.4 Å². The fourth-order valence-corrected chi connectivity index (χ4v) is 3.53. The first kappa shape index (κ1) is 20.6. The average molecular weight is 392 g/mol.